The van der Waals surface area contributed by atoms with E-state index < -0.39 is 28.9 Å². The summed E-state index contributed by atoms with van der Waals surface area (Å²) in [6.07, 6.45) is -2.02. The minimum absolute atomic E-state index is 0. The summed E-state index contributed by atoms with van der Waals surface area (Å²) in [6.45, 7) is 7.77. The van der Waals surface area contributed by atoms with Crippen molar-refractivity contribution in [1.82, 2.24) is 10.2 Å². The molecule has 2 amide bonds. The summed E-state index contributed by atoms with van der Waals surface area (Å²) in [6, 6.07) is -0.819. The van der Waals surface area contributed by atoms with Gasteiger partial charge in [0.25, 0.3) is 5.24 Å². The number of halogens is 3. The van der Waals surface area contributed by atoms with Crippen molar-refractivity contribution in [2.45, 2.75) is 71.3 Å². The monoisotopic (exact) mass is 493 g/mol. The second-order valence-corrected chi connectivity index (χ2v) is 9.34. The Morgan fingerprint density at radius 2 is 1.65 bits per heavy atom. The molecule has 0 aliphatic rings. The Balaban J connectivity index is -0.000000840. The van der Waals surface area contributed by atoms with E-state index in [1.165, 1.54) is 24.8 Å². The van der Waals surface area contributed by atoms with Crippen LogP contribution in [0.3, 0.4) is 0 Å². The van der Waals surface area contributed by atoms with Crippen LogP contribution < -0.4 is 10.4 Å². The van der Waals surface area contributed by atoms with Gasteiger partial charge >= 0.3 is 12.1 Å². The number of hydrogen-bond donors (Lipinski definition) is 1. The molecule has 0 aliphatic carbocycles. The summed E-state index contributed by atoms with van der Waals surface area (Å²) in [7, 11) is 5.38. The van der Waals surface area contributed by atoms with Crippen LogP contribution in [0.1, 0.15) is 54.4 Å². The van der Waals surface area contributed by atoms with Crippen molar-refractivity contribution in [2.24, 2.45) is 0 Å². The fourth-order valence-corrected chi connectivity index (χ4v) is 4.07. The van der Waals surface area contributed by atoms with Crippen LogP contribution in [0.5, 0.6) is 0 Å². The third-order valence-electron chi connectivity index (χ3n) is 3.45. The number of aliphatic carboxylic acids is 1. The van der Waals surface area contributed by atoms with Gasteiger partial charge < -0.3 is 24.9 Å². The van der Waals surface area contributed by atoms with E-state index in [9.17, 15) is 27.6 Å². The van der Waals surface area contributed by atoms with Gasteiger partial charge in [0, 0.05) is 31.3 Å². The molecule has 0 spiro atoms. The van der Waals surface area contributed by atoms with Crippen molar-refractivity contribution in [3.8, 4) is 0 Å². The molecule has 0 fully saturated rings. The number of nitrogens with zero attached hydrogens (tertiary/aromatic N) is 1. The van der Waals surface area contributed by atoms with Crippen LogP contribution in [-0.2, 0) is 19.1 Å². The molecule has 0 bridgehead atoms. The van der Waals surface area contributed by atoms with Gasteiger partial charge in [0.15, 0.2) is 0 Å². The molecule has 0 aromatic rings. The highest BCUT2D eigenvalue weighted by molar-refractivity contribution is 8.82. The quantitative estimate of drug-likeness (QED) is 0.296. The highest BCUT2D eigenvalue weighted by Crippen LogP contribution is 2.39. The van der Waals surface area contributed by atoms with Gasteiger partial charge in [-0.3, -0.25) is 9.59 Å². The molecule has 13 heteroatoms. The number of carboxylic acids is 1. The lowest BCUT2D eigenvalue weighted by atomic mass is 10.0. The molecule has 0 aliphatic heterocycles. The second-order valence-electron chi connectivity index (χ2n) is 6.61. The normalized spacial score (nSPS) is 11.8. The van der Waals surface area contributed by atoms with Crippen molar-refractivity contribution in [2.75, 3.05) is 20.7 Å². The van der Waals surface area contributed by atoms with E-state index in [4.69, 9.17) is 14.6 Å². The third kappa shape index (κ3) is 15.8. The van der Waals surface area contributed by atoms with Crippen molar-refractivity contribution in [3.63, 3.8) is 0 Å². The number of alkyl halides is 3. The van der Waals surface area contributed by atoms with Gasteiger partial charge in [0.05, 0.1) is 11.9 Å². The van der Waals surface area contributed by atoms with Crippen LogP contribution in [0.15, 0.2) is 0 Å². The molecule has 8 nitrogen and oxygen atoms in total. The highest BCUT2D eigenvalue weighted by atomic mass is 33.1. The maximum absolute atomic E-state index is 12.1. The van der Waals surface area contributed by atoms with Gasteiger partial charge in [-0.25, -0.2) is 4.79 Å². The lowest BCUT2D eigenvalue weighted by Gasteiger charge is -2.31. The minimum Gasteiger partial charge on any atom is -0.542 e. The number of carboxylic acid groups (broad SMARTS) is 1. The maximum Gasteiger partial charge on any atom is 0.430 e. The predicted molar refractivity (Wildman–Crippen MR) is 114 cm³/mol. The molecule has 1 unspecified atom stereocenters. The summed E-state index contributed by atoms with van der Waals surface area (Å²) >= 11 is 0. The standard InChI is InChI=1S/C15H28N2O4S2.C2HF3O2.CH4/c1-7-8-9-10-17(5)14(20)22-23-15(3,4)12(13(19)21-6)16-11(2)18;3-2(4,5)1(6)7;/h12H,7-10H2,1-6H3,(H,16,18);(H,6,7);1H4/p-1. The van der Waals surface area contributed by atoms with Crippen LogP contribution in [0.2, 0.25) is 0 Å². The molecule has 0 heterocycles. The van der Waals surface area contributed by atoms with E-state index >= 15 is 0 Å². The molecule has 31 heavy (non-hydrogen) atoms. The number of hydrogen-bond acceptors (Lipinski definition) is 8. The van der Waals surface area contributed by atoms with E-state index in [0.717, 1.165) is 30.1 Å². The zero-order valence-corrected chi connectivity index (χ0v) is 19.4. The largest absolute Gasteiger partial charge is 0.542 e. The van der Waals surface area contributed by atoms with Crippen molar-refractivity contribution in [3.05, 3.63) is 0 Å². The summed E-state index contributed by atoms with van der Waals surface area (Å²) in [5, 5.41) is 11.3. The molecule has 0 aromatic heterocycles. The van der Waals surface area contributed by atoms with Gasteiger partial charge in [-0.15, -0.1) is 0 Å². The third-order valence-corrected chi connectivity index (χ3v) is 6.62. The van der Waals surface area contributed by atoms with Crippen molar-refractivity contribution >= 4 is 44.7 Å². The maximum atomic E-state index is 12.1. The van der Waals surface area contributed by atoms with Gasteiger partial charge in [-0.2, -0.15) is 13.2 Å². The Morgan fingerprint density at radius 3 is 2.00 bits per heavy atom. The van der Waals surface area contributed by atoms with Crippen molar-refractivity contribution < 1.29 is 42.2 Å². The Hall–Kier alpha value is -1.63. The van der Waals surface area contributed by atoms with Crippen LogP contribution in [0.25, 0.3) is 0 Å². The van der Waals surface area contributed by atoms with Crippen LogP contribution in [0.4, 0.5) is 18.0 Å². The Morgan fingerprint density at radius 1 is 1.16 bits per heavy atom. The fraction of sp³-hybridized carbons (Fsp3) is 0.778. The number of esters is 1. The number of methoxy groups -OCH3 is 1. The molecular weight excluding hydrogens is 461 g/mol. The molecule has 0 saturated heterocycles. The molecular formula is C18H32F3N2O6S2-. The van der Waals surface area contributed by atoms with E-state index in [0.29, 0.717) is 6.54 Å². The summed E-state index contributed by atoms with van der Waals surface area (Å²) < 4.78 is 35.6. The number of rotatable bonds is 9. The number of unbranched alkanes of at least 4 members (excludes halogenated alkanes) is 2. The Bertz CT molecular complexity index is 589. The molecule has 0 radical (unpaired) electrons. The van der Waals surface area contributed by atoms with Gasteiger partial charge in [0.2, 0.25) is 5.91 Å². The number of nitrogens with one attached hydrogen (secondary N) is 1. The number of amides is 2. The average Bonchev–Trinajstić information content (AvgIpc) is 2.63. The minimum atomic E-state index is -5.19. The molecule has 0 rings (SSSR count). The van der Waals surface area contributed by atoms with Crippen LogP contribution in [0, 0.1) is 0 Å². The fourth-order valence-electron chi connectivity index (χ4n) is 1.78. The first-order valence-corrected chi connectivity index (χ1v) is 11.0. The Labute approximate surface area is 189 Å². The van der Waals surface area contributed by atoms with Gasteiger partial charge in [-0.1, -0.05) is 38.0 Å². The van der Waals surface area contributed by atoms with E-state index in [1.807, 2.05) is 0 Å². The van der Waals surface area contributed by atoms with E-state index in [-0.39, 0.29) is 18.6 Å². The zero-order chi connectivity index (χ0) is 24.1. The zero-order valence-electron chi connectivity index (χ0n) is 17.8. The van der Waals surface area contributed by atoms with E-state index in [1.54, 1.807) is 25.8 Å². The molecule has 184 valence electrons. The van der Waals surface area contributed by atoms with Crippen LogP contribution in [-0.4, -0.2) is 65.7 Å². The SMILES string of the molecule is C.CCCCCN(C)C(=O)SSC(C)(C)C(NC(C)=O)C(=O)OC.O=C([O-])C(F)(F)F. The highest BCUT2D eigenvalue weighted by Gasteiger charge is 2.38. The number of ether oxygens (including phenoxy) is 1. The first-order valence-electron chi connectivity index (χ1n) is 8.84. The molecule has 0 saturated carbocycles. The number of carbonyl (C=O) groups excluding carboxylic acids is 4. The van der Waals surface area contributed by atoms with Gasteiger partial charge in [0.1, 0.15) is 12.0 Å². The number of carbonyl (C=O) groups is 4. The van der Waals surface area contributed by atoms with Crippen LogP contribution >= 0.6 is 21.6 Å². The average molecular weight is 494 g/mol. The van der Waals surface area contributed by atoms with Crippen molar-refractivity contribution in [1.29, 1.82) is 0 Å². The molecule has 0 aromatic carbocycles. The second kappa shape index (κ2) is 16.1. The molecule has 1 atom stereocenters. The molecule has 1 N–H and O–H groups in total. The lowest BCUT2D eigenvalue weighted by Crippen LogP contribution is -2.52. The van der Waals surface area contributed by atoms with Gasteiger partial charge in [-0.05, 0) is 20.3 Å². The topological polar surface area (TPSA) is 116 Å². The summed E-state index contributed by atoms with van der Waals surface area (Å²) in [4.78, 5) is 45.8. The lowest BCUT2D eigenvalue weighted by molar-refractivity contribution is -0.344. The summed E-state index contributed by atoms with van der Waals surface area (Å²) in [5.41, 5.74) is 0. The predicted octanol–water partition coefficient (Wildman–Crippen LogP) is 3.00. The Kier molecular flexibility index (Phi) is 17.6. The van der Waals surface area contributed by atoms with E-state index in [2.05, 4.69) is 12.2 Å². The first kappa shape index (κ1) is 34.0. The smallest absolute Gasteiger partial charge is 0.430 e. The first-order chi connectivity index (χ1) is 13.6. The summed E-state index contributed by atoms with van der Waals surface area (Å²) in [5.74, 6) is -3.85.